The maximum absolute atomic E-state index is 15.2. The summed E-state index contributed by atoms with van der Waals surface area (Å²) in [5.41, 5.74) is 0.405. The number of fused-ring (bicyclic) bond motifs is 1. The number of aromatic nitrogens is 6. The summed E-state index contributed by atoms with van der Waals surface area (Å²) in [6, 6.07) is 5.77. The molecule has 1 aliphatic heterocycles. The Bertz CT molecular complexity index is 1560. The molecule has 0 saturated heterocycles. The minimum absolute atomic E-state index is 0.0320. The zero-order valence-corrected chi connectivity index (χ0v) is 22.7. The van der Waals surface area contributed by atoms with Gasteiger partial charge < -0.3 is 9.30 Å². The molecule has 0 aliphatic carbocycles. The molecule has 1 amide bonds. The number of ether oxygens (including phenoxy) is 1. The van der Waals surface area contributed by atoms with Gasteiger partial charge in [0.05, 0.1) is 42.5 Å². The zero-order valence-electron chi connectivity index (χ0n) is 21.9. The van der Waals surface area contributed by atoms with E-state index in [1.54, 1.807) is 35.5 Å². The van der Waals surface area contributed by atoms with Crippen LogP contribution in [0.1, 0.15) is 37.6 Å². The molecule has 3 aromatic heterocycles. The average molecular weight is 580 g/mol. The summed E-state index contributed by atoms with van der Waals surface area (Å²) in [5, 5.41) is 9.40. The summed E-state index contributed by atoms with van der Waals surface area (Å²) < 4.78 is 64.7. The lowest BCUT2D eigenvalue weighted by atomic mass is 10.1. The van der Waals surface area contributed by atoms with Crippen molar-refractivity contribution in [1.82, 2.24) is 29.1 Å². The number of carbonyl (C=O) groups excluding carboxylic acids is 1. The van der Waals surface area contributed by atoms with Crippen LogP contribution >= 0.6 is 11.6 Å². The molecular formula is C26H26ClF4N7O2. The molecule has 0 N–H and O–H groups in total. The highest BCUT2D eigenvalue weighted by molar-refractivity contribution is 6.33. The van der Waals surface area contributed by atoms with Crippen molar-refractivity contribution in [2.45, 2.75) is 52.1 Å². The van der Waals surface area contributed by atoms with Gasteiger partial charge in [0, 0.05) is 32.3 Å². The van der Waals surface area contributed by atoms with Gasteiger partial charge in [-0.2, -0.15) is 23.4 Å². The number of anilines is 1. The van der Waals surface area contributed by atoms with E-state index in [0.29, 0.717) is 40.9 Å². The fraction of sp³-hybridized carbons (Fsp3) is 0.385. The van der Waals surface area contributed by atoms with Crippen molar-refractivity contribution >= 4 is 23.3 Å². The van der Waals surface area contributed by atoms with E-state index in [1.165, 1.54) is 27.8 Å². The normalized spacial score (nSPS) is 14.6. The molecule has 1 aromatic carbocycles. The second kappa shape index (κ2) is 10.7. The second-order valence-electron chi connectivity index (χ2n) is 9.48. The Morgan fingerprint density at radius 2 is 2.00 bits per heavy atom. The van der Waals surface area contributed by atoms with Crippen LogP contribution < -0.4 is 4.90 Å². The molecule has 40 heavy (non-hydrogen) atoms. The number of halogens is 5. The zero-order chi connectivity index (χ0) is 28.8. The molecule has 4 aromatic rings. The summed E-state index contributed by atoms with van der Waals surface area (Å²) in [6.45, 7) is 4.55. The lowest BCUT2D eigenvalue weighted by Gasteiger charge is -2.27. The number of benzene rings is 1. The van der Waals surface area contributed by atoms with Gasteiger partial charge in [0.2, 0.25) is 5.91 Å². The van der Waals surface area contributed by atoms with Gasteiger partial charge in [-0.15, -0.1) is 0 Å². The highest BCUT2D eigenvalue weighted by atomic mass is 35.5. The smallest absolute Gasteiger partial charge is 0.382 e. The number of imidazole rings is 1. The van der Waals surface area contributed by atoms with Crippen LogP contribution in [0.3, 0.4) is 0 Å². The minimum atomic E-state index is -4.65. The maximum Gasteiger partial charge on any atom is 0.434 e. The first-order valence-electron chi connectivity index (χ1n) is 12.6. The number of hydrogen-bond acceptors (Lipinski definition) is 5. The Morgan fingerprint density at radius 1 is 1.23 bits per heavy atom. The highest BCUT2D eigenvalue weighted by Crippen LogP contribution is 2.35. The predicted molar refractivity (Wildman–Crippen MR) is 139 cm³/mol. The molecule has 9 nitrogen and oxygen atoms in total. The van der Waals surface area contributed by atoms with Crippen LogP contribution in [0.25, 0.3) is 22.8 Å². The Morgan fingerprint density at radius 3 is 2.67 bits per heavy atom. The molecule has 4 heterocycles. The Hall–Kier alpha value is -3.71. The molecule has 5 rings (SSSR count). The van der Waals surface area contributed by atoms with E-state index in [2.05, 4.69) is 15.2 Å². The van der Waals surface area contributed by atoms with Crippen LogP contribution in [0.2, 0.25) is 5.02 Å². The standard InChI is InChI=1S/C26H26ClF4N7O2/c1-4-35-13-21(26(29,30)31)33-25(35)17-6-5-16(9-19(17)28)12-36-22-10-20(34-37(22)8-7-23(36)39)24-18(27)11-32-38(24)15(2)14-40-3/h5-6,9-11,13,15H,4,7-8,12,14H2,1-3H3/t15-/m0/s1. The molecule has 1 atom stereocenters. The molecule has 212 valence electrons. The van der Waals surface area contributed by atoms with Crippen molar-refractivity contribution in [3.05, 3.63) is 58.8 Å². The van der Waals surface area contributed by atoms with Gasteiger partial charge in [-0.25, -0.2) is 14.1 Å². The lowest BCUT2D eigenvalue weighted by molar-refractivity contribution is -0.140. The van der Waals surface area contributed by atoms with Crippen LogP contribution in [0, 0.1) is 5.82 Å². The molecular weight excluding hydrogens is 554 g/mol. The van der Waals surface area contributed by atoms with Gasteiger partial charge in [0.15, 0.2) is 5.69 Å². The van der Waals surface area contributed by atoms with Crippen molar-refractivity contribution in [3.63, 3.8) is 0 Å². The Balaban J connectivity index is 1.45. The van der Waals surface area contributed by atoms with Crippen molar-refractivity contribution in [2.75, 3.05) is 18.6 Å². The summed E-state index contributed by atoms with van der Waals surface area (Å²) >= 11 is 6.45. The third-order valence-electron chi connectivity index (χ3n) is 6.72. The van der Waals surface area contributed by atoms with Crippen molar-refractivity contribution < 1.29 is 27.1 Å². The highest BCUT2D eigenvalue weighted by Gasteiger charge is 2.35. The molecule has 0 bridgehead atoms. The van der Waals surface area contributed by atoms with Gasteiger partial charge in [-0.3, -0.25) is 14.4 Å². The third kappa shape index (κ3) is 5.10. The first-order valence-corrected chi connectivity index (χ1v) is 12.9. The first kappa shape index (κ1) is 27.8. The largest absolute Gasteiger partial charge is 0.434 e. The maximum atomic E-state index is 15.2. The van der Waals surface area contributed by atoms with Crippen molar-refractivity contribution in [2.24, 2.45) is 0 Å². The van der Waals surface area contributed by atoms with Gasteiger partial charge in [0.1, 0.15) is 28.8 Å². The molecule has 0 saturated carbocycles. The van der Waals surface area contributed by atoms with Gasteiger partial charge >= 0.3 is 6.18 Å². The van der Waals surface area contributed by atoms with Crippen LogP contribution in [0.15, 0.2) is 36.7 Å². The quantitative estimate of drug-likeness (QED) is 0.254. The molecule has 0 spiro atoms. The van der Waals surface area contributed by atoms with E-state index >= 15 is 4.39 Å². The summed E-state index contributed by atoms with van der Waals surface area (Å²) in [4.78, 5) is 18.1. The van der Waals surface area contributed by atoms with E-state index in [1.807, 2.05) is 6.92 Å². The fourth-order valence-corrected chi connectivity index (χ4v) is 5.02. The Labute approximate surface area is 231 Å². The average Bonchev–Trinajstić information content (AvgIpc) is 3.62. The van der Waals surface area contributed by atoms with Crippen LogP contribution in [0.4, 0.5) is 23.4 Å². The number of carbonyl (C=O) groups is 1. The number of hydrogen-bond donors (Lipinski definition) is 0. The Kier molecular flexibility index (Phi) is 7.44. The van der Waals surface area contributed by atoms with Crippen molar-refractivity contribution in [1.29, 1.82) is 0 Å². The summed E-state index contributed by atoms with van der Waals surface area (Å²) in [5.74, 6) is -0.526. The molecule has 14 heteroatoms. The summed E-state index contributed by atoms with van der Waals surface area (Å²) in [7, 11) is 1.59. The lowest BCUT2D eigenvalue weighted by Crippen LogP contribution is -2.36. The van der Waals surface area contributed by atoms with E-state index in [4.69, 9.17) is 16.3 Å². The van der Waals surface area contributed by atoms with E-state index in [-0.39, 0.29) is 42.8 Å². The number of amides is 1. The second-order valence-corrected chi connectivity index (χ2v) is 9.89. The minimum Gasteiger partial charge on any atom is -0.382 e. The SMILES string of the molecule is CCn1cc(C(F)(F)F)nc1-c1ccc(CN2C(=O)CCn3nc(-c4c(Cl)cnn4[C@@H](C)COC)cc32)cc1F. The molecule has 0 radical (unpaired) electrons. The monoisotopic (exact) mass is 579 g/mol. The van der Waals surface area contributed by atoms with Gasteiger partial charge in [-0.1, -0.05) is 17.7 Å². The van der Waals surface area contributed by atoms with E-state index in [9.17, 15) is 18.0 Å². The van der Waals surface area contributed by atoms with E-state index in [0.717, 1.165) is 6.20 Å². The predicted octanol–water partition coefficient (Wildman–Crippen LogP) is 5.59. The summed E-state index contributed by atoms with van der Waals surface area (Å²) in [6.07, 6.45) is -2.07. The topological polar surface area (TPSA) is 83.0 Å². The van der Waals surface area contributed by atoms with Gasteiger partial charge in [0.25, 0.3) is 0 Å². The number of aryl methyl sites for hydroxylation is 2. The van der Waals surface area contributed by atoms with Crippen molar-refractivity contribution in [3.8, 4) is 22.8 Å². The first-order chi connectivity index (χ1) is 19.0. The fourth-order valence-electron chi connectivity index (χ4n) is 4.79. The van der Waals surface area contributed by atoms with Crippen LogP contribution in [-0.4, -0.2) is 48.7 Å². The van der Waals surface area contributed by atoms with Crippen LogP contribution in [0.5, 0.6) is 0 Å². The van der Waals surface area contributed by atoms with E-state index < -0.39 is 17.7 Å². The number of methoxy groups -OCH3 is 1. The number of rotatable bonds is 8. The number of alkyl halides is 3. The number of nitrogens with zero attached hydrogens (tertiary/aromatic N) is 7. The molecule has 1 aliphatic rings. The molecule has 0 unspecified atom stereocenters. The van der Waals surface area contributed by atoms with Gasteiger partial charge in [-0.05, 0) is 31.5 Å². The third-order valence-corrected chi connectivity index (χ3v) is 6.99. The van der Waals surface area contributed by atoms with Crippen LogP contribution in [-0.2, 0) is 35.3 Å². The molecule has 0 fully saturated rings.